The van der Waals surface area contributed by atoms with Gasteiger partial charge in [0, 0.05) is 0 Å². The number of hydrogen-bond acceptors (Lipinski definition) is 4. The van der Waals surface area contributed by atoms with Gasteiger partial charge in [-0.05, 0) is 18.2 Å². The number of carbonyl (C=O) groups is 2. The van der Waals surface area contributed by atoms with Crippen molar-refractivity contribution in [2.75, 3.05) is 5.32 Å². The van der Waals surface area contributed by atoms with Crippen molar-refractivity contribution in [3.63, 3.8) is 0 Å². The lowest BCUT2D eigenvalue weighted by atomic mass is 10.1. The van der Waals surface area contributed by atoms with E-state index in [0.717, 1.165) is 12.1 Å². The fourth-order valence-electron chi connectivity index (χ4n) is 1.29. The van der Waals surface area contributed by atoms with Gasteiger partial charge in [0.05, 0.1) is 16.1 Å². The summed E-state index contributed by atoms with van der Waals surface area (Å²) < 4.78 is 30.2. The van der Waals surface area contributed by atoms with E-state index in [2.05, 4.69) is 5.32 Å². The molecule has 0 saturated carbocycles. The molecule has 0 bridgehead atoms. The Hall–Kier alpha value is -1.73. The van der Waals surface area contributed by atoms with Gasteiger partial charge in [0.1, 0.15) is 0 Å². The van der Waals surface area contributed by atoms with E-state index in [1.54, 1.807) is 0 Å². The van der Waals surface area contributed by atoms with Crippen molar-refractivity contribution >= 4 is 27.5 Å². The molecule has 0 unspecified atom stereocenters. The van der Waals surface area contributed by atoms with Crippen LogP contribution in [0.3, 0.4) is 0 Å². The number of benzene rings is 1. The lowest BCUT2D eigenvalue weighted by Crippen LogP contribution is -2.12. The maximum atomic E-state index is 11.1. The minimum atomic E-state index is -4.32. The number of carbonyl (C=O) groups excluding carboxylic acids is 2. The van der Waals surface area contributed by atoms with Gasteiger partial charge in [0.2, 0.25) is 0 Å². The molecule has 1 aromatic rings. The number of ketones is 1. The van der Waals surface area contributed by atoms with Crippen molar-refractivity contribution in [3.8, 4) is 0 Å². The second-order valence-corrected chi connectivity index (χ2v) is 4.39. The molecule has 1 amide bonds. The van der Waals surface area contributed by atoms with E-state index < -0.39 is 21.8 Å². The lowest BCUT2D eigenvalue weighted by Gasteiger charge is -1.99. The predicted octanol–water partition coefficient (Wildman–Crippen LogP) is 0.0681. The normalized spacial score (nSPS) is 15.0. The van der Waals surface area contributed by atoms with Gasteiger partial charge in [0.25, 0.3) is 21.8 Å². The second-order valence-electron chi connectivity index (χ2n) is 2.97. The van der Waals surface area contributed by atoms with Crippen LogP contribution in [0.25, 0.3) is 0 Å². The molecule has 0 aromatic heterocycles. The quantitative estimate of drug-likeness (QED) is 0.522. The molecule has 0 radical (unpaired) electrons. The molecule has 2 rings (SSSR count). The molecule has 15 heavy (non-hydrogen) atoms. The highest BCUT2D eigenvalue weighted by Gasteiger charge is 2.28. The van der Waals surface area contributed by atoms with Crippen LogP contribution in [0.1, 0.15) is 10.4 Å². The number of amides is 1. The maximum absolute atomic E-state index is 11.1. The van der Waals surface area contributed by atoms with Gasteiger partial charge in [-0.25, -0.2) is 0 Å². The van der Waals surface area contributed by atoms with Crippen LogP contribution in [-0.2, 0) is 14.9 Å². The van der Waals surface area contributed by atoms with E-state index in [-0.39, 0.29) is 16.1 Å². The number of rotatable bonds is 1. The summed E-state index contributed by atoms with van der Waals surface area (Å²) in [7, 11) is -4.32. The van der Waals surface area contributed by atoms with Gasteiger partial charge in [-0.3, -0.25) is 14.1 Å². The topological polar surface area (TPSA) is 101 Å². The highest BCUT2D eigenvalue weighted by Crippen LogP contribution is 2.25. The van der Waals surface area contributed by atoms with Crippen molar-refractivity contribution in [1.82, 2.24) is 0 Å². The van der Waals surface area contributed by atoms with Crippen molar-refractivity contribution in [2.24, 2.45) is 0 Å². The molecule has 0 saturated heterocycles. The predicted molar refractivity (Wildman–Crippen MR) is 49.2 cm³/mol. The summed E-state index contributed by atoms with van der Waals surface area (Å²) in [6, 6.07) is 3.28. The molecule has 1 aromatic carbocycles. The summed E-state index contributed by atoms with van der Waals surface area (Å²) in [5, 5.41) is 2.20. The molecule has 7 heteroatoms. The summed E-state index contributed by atoms with van der Waals surface area (Å²) in [4.78, 5) is 21.7. The summed E-state index contributed by atoms with van der Waals surface area (Å²) >= 11 is 0. The Morgan fingerprint density at radius 3 is 2.47 bits per heavy atom. The highest BCUT2D eigenvalue weighted by atomic mass is 32.2. The Morgan fingerprint density at radius 2 is 1.87 bits per heavy atom. The van der Waals surface area contributed by atoms with Gasteiger partial charge in [-0.1, -0.05) is 0 Å². The number of fused-ring (bicyclic) bond motifs is 1. The first-order valence-corrected chi connectivity index (χ1v) is 5.31. The molecule has 1 heterocycles. The molecule has 1 aliphatic rings. The third-order valence-corrected chi connectivity index (χ3v) is 2.84. The Labute approximate surface area is 84.7 Å². The first-order chi connectivity index (χ1) is 6.89. The molecule has 78 valence electrons. The van der Waals surface area contributed by atoms with Crippen molar-refractivity contribution in [3.05, 3.63) is 23.8 Å². The Morgan fingerprint density at radius 1 is 1.20 bits per heavy atom. The molecular weight excluding hydrogens is 222 g/mol. The summed E-state index contributed by atoms with van der Waals surface area (Å²) in [6.07, 6.45) is 0. The van der Waals surface area contributed by atoms with Crippen LogP contribution in [0.2, 0.25) is 0 Å². The molecule has 6 nitrogen and oxygen atoms in total. The summed E-state index contributed by atoms with van der Waals surface area (Å²) in [5.74, 6) is -1.52. The number of anilines is 1. The summed E-state index contributed by atoms with van der Waals surface area (Å²) in [5.41, 5.74) is 0.201. The molecule has 0 fully saturated rings. The SMILES string of the molecule is O=C1Nc2cc(S(=O)(=O)O)ccc2C1=O. The smallest absolute Gasteiger partial charge is 0.296 e. The number of hydrogen-bond donors (Lipinski definition) is 2. The van der Waals surface area contributed by atoms with E-state index in [9.17, 15) is 18.0 Å². The van der Waals surface area contributed by atoms with E-state index >= 15 is 0 Å². The molecule has 0 spiro atoms. The zero-order valence-electron chi connectivity index (χ0n) is 7.22. The molecule has 0 aliphatic carbocycles. The van der Waals surface area contributed by atoms with E-state index in [4.69, 9.17) is 4.55 Å². The fraction of sp³-hybridized carbons (Fsp3) is 0. The third-order valence-electron chi connectivity index (χ3n) is 1.99. The van der Waals surface area contributed by atoms with Crippen molar-refractivity contribution in [2.45, 2.75) is 4.90 Å². The second kappa shape index (κ2) is 2.88. The van der Waals surface area contributed by atoms with Crippen LogP contribution in [-0.4, -0.2) is 24.7 Å². The Bertz CT molecular complexity index is 575. The average molecular weight is 227 g/mol. The van der Waals surface area contributed by atoms with Crippen LogP contribution in [0.4, 0.5) is 5.69 Å². The van der Waals surface area contributed by atoms with Crippen LogP contribution < -0.4 is 5.32 Å². The van der Waals surface area contributed by atoms with E-state index in [0.29, 0.717) is 0 Å². The first kappa shape index (κ1) is 9.81. The zero-order valence-corrected chi connectivity index (χ0v) is 8.04. The molecule has 0 atom stereocenters. The number of nitrogens with one attached hydrogen (secondary N) is 1. The monoisotopic (exact) mass is 227 g/mol. The average Bonchev–Trinajstić information content (AvgIpc) is 2.41. The van der Waals surface area contributed by atoms with Crippen LogP contribution in [0, 0.1) is 0 Å². The first-order valence-electron chi connectivity index (χ1n) is 3.87. The standard InChI is InChI=1S/C8H5NO5S/c10-7-5-2-1-4(15(12,13)14)3-6(5)9-8(7)11/h1-3H,(H,9,10,11)(H,12,13,14). The van der Waals surface area contributed by atoms with Crippen molar-refractivity contribution < 1.29 is 22.6 Å². The minimum absolute atomic E-state index is 0.0973. The van der Waals surface area contributed by atoms with Crippen LogP contribution in [0.5, 0.6) is 0 Å². The van der Waals surface area contributed by atoms with Crippen LogP contribution >= 0.6 is 0 Å². The van der Waals surface area contributed by atoms with E-state index in [1.807, 2.05) is 0 Å². The van der Waals surface area contributed by atoms with Gasteiger partial charge in [0.15, 0.2) is 0 Å². The Balaban J connectivity index is 2.61. The molecule has 2 N–H and O–H groups in total. The minimum Gasteiger partial charge on any atom is -0.318 e. The zero-order chi connectivity index (χ0) is 11.2. The lowest BCUT2D eigenvalue weighted by molar-refractivity contribution is -0.112. The largest absolute Gasteiger partial charge is 0.318 e. The summed E-state index contributed by atoms with van der Waals surface area (Å²) in [6.45, 7) is 0. The Kier molecular flexibility index (Phi) is 1.88. The van der Waals surface area contributed by atoms with Gasteiger partial charge < -0.3 is 5.32 Å². The highest BCUT2D eigenvalue weighted by molar-refractivity contribution is 7.85. The fourth-order valence-corrected chi connectivity index (χ4v) is 1.79. The number of Topliss-reactive ketones (excluding diaryl/α,β-unsaturated/α-hetero) is 1. The molecular formula is C8H5NO5S. The molecule has 1 aliphatic heterocycles. The van der Waals surface area contributed by atoms with Gasteiger partial charge in [-0.15, -0.1) is 0 Å². The third kappa shape index (κ3) is 1.51. The van der Waals surface area contributed by atoms with E-state index in [1.165, 1.54) is 6.07 Å². The maximum Gasteiger partial charge on any atom is 0.296 e. The van der Waals surface area contributed by atoms with Crippen LogP contribution in [0.15, 0.2) is 23.1 Å². The van der Waals surface area contributed by atoms with Gasteiger partial charge >= 0.3 is 0 Å². The van der Waals surface area contributed by atoms with Crippen molar-refractivity contribution in [1.29, 1.82) is 0 Å². The van der Waals surface area contributed by atoms with Gasteiger partial charge in [-0.2, -0.15) is 8.42 Å².